The van der Waals surface area contributed by atoms with Gasteiger partial charge in [-0.1, -0.05) is 48.0 Å². The average Bonchev–Trinajstić information content (AvgIpc) is 2.80. The number of nitrogens with zero attached hydrogens (tertiary/aromatic N) is 2. The largest absolute Gasteiger partial charge is 0.353 e. The van der Waals surface area contributed by atoms with Crippen LogP contribution < -0.4 is 5.32 Å². The van der Waals surface area contributed by atoms with Gasteiger partial charge in [0.25, 0.3) is 5.91 Å². The molecule has 31 heavy (non-hydrogen) atoms. The summed E-state index contributed by atoms with van der Waals surface area (Å²) in [6, 6.07) is 17.8. The Morgan fingerprint density at radius 1 is 0.968 bits per heavy atom. The number of nitrogens with one attached hydrogen (secondary N) is 1. The first-order valence-corrected chi connectivity index (χ1v) is 11.6. The first-order chi connectivity index (χ1) is 15.1. The van der Waals surface area contributed by atoms with Crippen molar-refractivity contribution in [2.75, 3.05) is 26.2 Å². The average molecular weight is 440 g/mol. The summed E-state index contributed by atoms with van der Waals surface area (Å²) in [6.45, 7) is 4.11. The molecule has 0 unspecified atom stereocenters. The molecule has 0 aliphatic carbocycles. The molecule has 2 saturated heterocycles. The molecule has 1 N–H and O–H groups in total. The highest BCUT2D eigenvalue weighted by Gasteiger charge is 2.30. The zero-order chi connectivity index (χ0) is 21.6. The van der Waals surface area contributed by atoms with E-state index in [9.17, 15) is 9.59 Å². The van der Waals surface area contributed by atoms with Gasteiger partial charge in [-0.25, -0.2) is 0 Å². The minimum absolute atomic E-state index is 0.0470. The number of likely N-dealkylation sites (tertiary alicyclic amines) is 2. The van der Waals surface area contributed by atoms with Crippen LogP contribution in [0, 0.1) is 5.92 Å². The standard InChI is InChI=1S/C25H30ClN3O2/c26-22-10-4-8-20(16-22)25(31)29-13-5-9-21(18-29)24(30)27-23-11-14-28(15-12-23)17-19-6-2-1-3-7-19/h1-4,6-8,10,16,21,23H,5,9,11-15,17-18H2,(H,27,30)/t21-/m0/s1. The maximum absolute atomic E-state index is 12.9. The van der Waals surface area contributed by atoms with Crippen molar-refractivity contribution >= 4 is 23.4 Å². The molecule has 5 nitrogen and oxygen atoms in total. The lowest BCUT2D eigenvalue weighted by molar-refractivity contribution is -0.127. The predicted octanol–water partition coefficient (Wildman–Crippen LogP) is 3.97. The molecule has 0 bridgehead atoms. The van der Waals surface area contributed by atoms with Gasteiger partial charge >= 0.3 is 0 Å². The highest BCUT2D eigenvalue weighted by molar-refractivity contribution is 6.30. The van der Waals surface area contributed by atoms with Crippen molar-refractivity contribution in [3.63, 3.8) is 0 Å². The van der Waals surface area contributed by atoms with Crippen molar-refractivity contribution in [3.05, 3.63) is 70.7 Å². The Kier molecular flexibility index (Phi) is 7.25. The number of carbonyl (C=O) groups excluding carboxylic acids is 2. The first kappa shape index (κ1) is 21.8. The maximum atomic E-state index is 12.9. The van der Waals surface area contributed by atoms with E-state index >= 15 is 0 Å². The molecule has 1 atom stereocenters. The highest BCUT2D eigenvalue weighted by Crippen LogP contribution is 2.21. The third kappa shape index (κ3) is 5.86. The van der Waals surface area contributed by atoms with Crippen LogP contribution in [0.1, 0.15) is 41.6 Å². The Balaban J connectivity index is 1.25. The fraction of sp³-hybridized carbons (Fsp3) is 0.440. The Labute approximate surface area is 189 Å². The van der Waals surface area contributed by atoms with E-state index in [2.05, 4.69) is 34.5 Å². The highest BCUT2D eigenvalue weighted by atomic mass is 35.5. The Morgan fingerprint density at radius 2 is 1.74 bits per heavy atom. The van der Waals surface area contributed by atoms with E-state index in [-0.39, 0.29) is 23.8 Å². The van der Waals surface area contributed by atoms with Gasteiger partial charge in [-0.05, 0) is 49.4 Å². The summed E-state index contributed by atoms with van der Waals surface area (Å²) in [4.78, 5) is 30.0. The predicted molar refractivity (Wildman–Crippen MR) is 123 cm³/mol. The SMILES string of the molecule is O=C(NC1CCN(Cc2ccccc2)CC1)[C@H]1CCCN(C(=O)c2cccc(Cl)c2)C1. The summed E-state index contributed by atoms with van der Waals surface area (Å²) >= 11 is 6.03. The van der Waals surface area contributed by atoms with Crippen LogP contribution in [0.3, 0.4) is 0 Å². The van der Waals surface area contributed by atoms with Gasteiger partial charge in [0.2, 0.25) is 5.91 Å². The van der Waals surface area contributed by atoms with Gasteiger partial charge < -0.3 is 10.2 Å². The molecule has 0 aromatic heterocycles. The number of hydrogen-bond donors (Lipinski definition) is 1. The van der Waals surface area contributed by atoms with Crippen LogP contribution in [0.2, 0.25) is 5.02 Å². The van der Waals surface area contributed by atoms with Gasteiger partial charge in [-0.2, -0.15) is 0 Å². The summed E-state index contributed by atoms with van der Waals surface area (Å²) in [7, 11) is 0. The summed E-state index contributed by atoms with van der Waals surface area (Å²) in [6.07, 6.45) is 3.62. The number of hydrogen-bond acceptors (Lipinski definition) is 3. The second-order valence-electron chi connectivity index (χ2n) is 8.65. The van der Waals surface area contributed by atoms with Gasteiger partial charge in [0.15, 0.2) is 0 Å². The lowest BCUT2D eigenvalue weighted by Crippen LogP contribution is -2.50. The quantitative estimate of drug-likeness (QED) is 0.766. The van der Waals surface area contributed by atoms with Crippen LogP contribution in [0.5, 0.6) is 0 Å². The third-order valence-electron chi connectivity index (χ3n) is 6.33. The molecule has 0 radical (unpaired) electrons. The van der Waals surface area contributed by atoms with Crippen molar-refractivity contribution in [2.24, 2.45) is 5.92 Å². The summed E-state index contributed by atoms with van der Waals surface area (Å²) < 4.78 is 0. The Morgan fingerprint density at radius 3 is 2.48 bits per heavy atom. The van der Waals surface area contributed by atoms with Gasteiger partial charge in [0.1, 0.15) is 0 Å². The molecule has 2 aromatic carbocycles. The summed E-state index contributed by atoms with van der Waals surface area (Å²) in [5.74, 6) is -0.0986. The summed E-state index contributed by atoms with van der Waals surface area (Å²) in [5.41, 5.74) is 1.91. The molecule has 164 valence electrons. The molecule has 2 aliphatic rings. The smallest absolute Gasteiger partial charge is 0.253 e. The molecule has 2 amide bonds. The zero-order valence-electron chi connectivity index (χ0n) is 17.8. The van der Waals surface area contributed by atoms with E-state index in [4.69, 9.17) is 11.6 Å². The molecule has 2 aromatic rings. The van der Waals surface area contributed by atoms with E-state index in [0.717, 1.165) is 45.3 Å². The van der Waals surface area contributed by atoms with Gasteiger partial charge in [0, 0.05) is 49.4 Å². The van der Waals surface area contributed by atoms with E-state index in [1.165, 1.54) is 5.56 Å². The minimum Gasteiger partial charge on any atom is -0.353 e. The van der Waals surface area contributed by atoms with Crippen molar-refractivity contribution in [1.82, 2.24) is 15.1 Å². The number of amides is 2. The van der Waals surface area contributed by atoms with Crippen LogP contribution in [0.4, 0.5) is 0 Å². The lowest BCUT2D eigenvalue weighted by Gasteiger charge is -2.35. The third-order valence-corrected chi connectivity index (χ3v) is 6.57. The number of carbonyl (C=O) groups is 2. The molecule has 6 heteroatoms. The van der Waals surface area contributed by atoms with Gasteiger partial charge in [-0.15, -0.1) is 0 Å². The fourth-order valence-electron chi connectivity index (χ4n) is 4.58. The molecule has 0 saturated carbocycles. The number of halogens is 1. The van der Waals surface area contributed by atoms with Gasteiger partial charge in [0.05, 0.1) is 5.92 Å². The first-order valence-electron chi connectivity index (χ1n) is 11.2. The van der Waals surface area contributed by atoms with Crippen molar-refractivity contribution in [1.29, 1.82) is 0 Å². The minimum atomic E-state index is -0.140. The van der Waals surface area contributed by atoms with Crippen molar-refractivity contribution < 1.29 is 9.59 Å². The second-order valence-corrected chi connectivity index (χ2v) is 9.08. The summed E-state index contributed by atoms with van der Waals surface area (Å²) in [5, 5.41) is 3.81. The molecular formula is C25H30ClN3O2. The van der Waals surface area contributed by atoms with Gasteiger partial charge in [-0.3, -0.25) is 14.5 Å². The van der Waals surface area contributed by atoms with Crippen LogP contribution >= 0.6 is 11.6 Å². The molecule has 2 fully saturated rings. The zero-order valence-corrected chi connectivity index (χ0v) is 18.6. The Hall–Kier alpha value is -2.37. The molecular weight excluding hydrogens is 410 g/mol. The van der Waals surface area contributed by atoms with Crippen LogP contribution in [0.15, 0.2) is 54.6 Å². The molecule has 2 aliphatic heterocycles. The number of piperidine rings is 2. The van der Waals surface area contributed by atoms with Crippen LogP contribution in [0.25, 0.3) is 0 Å². The normalized spacial score (nSPS) is 20.4. The second kappa shape index (κ2) is 10.3. The topological polar surface area (TPSA) is 52.7 Å². The van der Waals surface area contributed by atoms with E-state index in [1.54, 1.807) is 29.2 Å². The number of benzene rings is 2. The van der Waals surface area contributed by atoms with E-state index in [1.807, 2.05) is 6.07 Å². The van der Waals surface area contributed by atoms with E-state index < -0.39 is 0 Å². The van der Waals surface area contributed by atoms with Crippen molar-refractivity contribution in [3.8, 4) is 0 Å². The Bertz CT molecular complexity index is 897. The molecule has 0 spiro atoms. The molecule has 2 heterocycles. The van der Waals surface area contributed by atoms with Crippen LogP contribution in [-0.2, 0) is 11.3 Å². The lowest BCUT2D eigenvalue weighted by atomic mass is 9.95. The maximum Gasteiger partial charge on any atom is 0.253 e. The molecule has 4 rings (SSSR count). The van der Waals surface area contributed by atoms with Crippen molar-refractivity contribution in [2.45, 2.75) is 38.3 Å². The number of rotatable bonds is 5. The fourth-order valence-corrected chi connectivity index (χ4v) is 4.77. The van der Waals surface area contributed by atoms with Crippen LogP contribution in [-0.4, -0.2) is 53.8 Å². The van der Waals surface area contributed by atoms with E-state index in [0.29, 0.717) is 23.7 Å². The monoisotopic (exact) mass is 439 g/mol.